The third-order valence-electron chi connectivity index (χ3n) is 5.46. The first-order valence-corrected chi connectivity index (χ1v) is 8.83. The van der Waals surface area contributed by atoms with Gasteiger partial charge in [-0.25, -0.2) is 0 Å². The van der Waals surface area contributed by atoms with Gasteiger partial charge in [0.2, 0.25) is 5.91 Å². The summed E-state index contributed by atoms with van der Waals surface area (Å²) in [7, 11) is 0. The van der Waals surface area contributed by atoms with Crippen molar-refractivity contribution in [3.8, 4) is 0 Å². The third kappa shape index (κ3) is 6.77. The summed E-state index contributed by atoms with van der Waals surface area (Å²) < 4.78 is 0. The maximum Gasteiger partial charge on any atom is 0.222 e. The zero-order valence-corrected chi connectivity index (χ0v) is 16.3. The van der Waals surface area contributed by atoms with Crippen LogP contribution in [0.25, 0.3) is 0 Å². The van der Waals surface area contributed by atoms with Crippen LogP contribution in [0.15, 0.2) is 0 Å². The van der Waals surface area contributed by atoms with E-state index in [2.05, 4.69) is 18.7 Å². The first-order valence-electron chi connectivity index (χ1n) is 8.83. The van der Waals surface area contributed by atoms with Crippen LogP contribution in [0, 0.1) is 11.8 Å². The van der Waals surface area contributed by atoms with Crippen LogP contribution in [0.4, 0.5) is 0 Å². The van der Waals surface area contributed by atoms with Crippen molar-refractivity contribution in [2.75, 3.05) is 32.7 Å². The predicted octanol–water partition coefficient (Wildman–Crippen LogP) is 2.93. The van der Waals surface area contributed by atoms with E-state index in [4.69, 9.17) is 5.73 Å². The highest BCUT2D eigenvalue weighted by atomic mass is 35.5. The van der Waals surface area contributed by atoms with Crippen molar-refractivity contribution in [2.24, 2.45) is 17.6 Å². The Morgan fingerprint density at radius 3 is 2.09 bits per heavy atom. The van der Waals surface area contributed by atoms with Gasteiger partial charge in [-0.2, -0.15) is 0 Å². The number of piperazine rings is 1. The third-order valence-corrected chi connectivity index (χ3v) is 5.46. The maximum absolute atomic E-state index is 12.0. The predicted molar refractivity (Wildman–Crippen MR) is 102 cm³/mol. The summed E-state index contributed by atoms with van der Waals surface area (Å²) >= 11 is 0. The molecule has 1 saturated heterocycles. The summed E-state index contributed by atoms with van der Waals surface area (Å²) in [6.45, 7) is 9.27. The van der Waals surface area contributed by atoms with Gasteiger partial charge in [0, 0.05) is 38.6 Å². The summed E-state index contributed by atoms with van der Waals surface area (Å²) in [6, 6.07) is 0.765. The molecule has 0 bridgehead atoms. The molecular formula is C17H35Cl2N3O. The lowest BCUT2D eigenvalue weighted by molar-refractivity contribution is -0.133. The number of carbonyl (C=O) groups is 1. The first kappa shape index (κ1) is 23.0. The number of carbonyl (C=O) groups excluding carboxylic acids is 1. The van der Waals surface area contributed by atoms with Crippen LogP contribution in [0.3, 0.4) is 0 Å². The molecule has 0 radical (unpaired) electrons. The minimum atomic E-state index is 0. The molecule has 2 aliphatic rings. The largest absolute Gasteiger partial charge is 0.340 e. The van der Waals surface area contributed by atoms with E-state index in [0.29, 0.717) is 18.9 Å². The van der Waals surface area contributed by atoms with Gasteiger partial charge >= 0.3 is 0 Å². The Morgan fingerprint density at radius 2 is 1.61 bits per heavy atom. The van der Waals surface area contributed by atoms with Crippen molar-refractivity contribution in [3.05, 3.63) is 0 Å². The van der Waals surface area contributed by atoms with Crippen LogP contribution in [0.2, 0.25) is 0 Å². The molecule has 1 heterocycles. The average Bonchev–Trinajstić information content (AvgIpc) is 2.53. The Hall–Kier alpha value is -0.0300. The van der Waals surface area contributed by atoms with E-state index in [1.807, 2.05) is 4.90 Å². The molecular weight excluding hydrogens is 333 g/mol. The summed E-state index contributed by atoms with van der Waals surface area (Å²) in [4.78, 5) is 16.7. The summed E-state index contributed by atoms with van der Waals surface area (Å²) in [5, 5.41) is 0. The lowest BCUT2D eigenvalue weighted by Crippen LogP contribution is -2.52. The highest BCUT2D eigenvalue weighted by molar-refractivity contribution is 5.85. The Balaban J connectivity index is 0.00000242. The lowest BCUT2D eigenvalue weighted by Gasteiger charge is -2.42. The number of halogens is 2. The molecule has 4 nitrogen and oxygen atoms in total. The zero-order chi connectivity index (χ0) is 15.2. The van der Waals surface area contributed by atoms with E-state index >= 15 is 0 Å². The van der Waals surface area contributed by atoms with Crippen LogP contribution >= 0.6 is 24.8 Å². The van der Waals surface area contributed by atoms with Gasteiger partial charge in [0.1, 0.15) is 0 Å². The van der Waals surface area contributed by atoms with E-state index < -0.39 is 0 Å². The average molecular weight is 368 g/mol. The molecule has 0 unspecified atom stereocenters. The molecule has 23 heavy (non-hydrogen) atoms. The van der Waals surface area contributed by atoms with Gasteiger partial charge in [0.15, 0.2) is 0 Å². The van der Waals surface area contributed by atoms with Gasteiger partial charge in [-0.1, -0.05) is 13.8 Å². The smallest absolute Gasteiger partial charge is 0.222 e. The van der Waals surface area contributed by atoms with Crippen LogP contribution in [0.5, 0.6) is 0 Å². The summed E-state index contributed by atoms with van der Waals surface area (Å²) in [6.07, 6.45) is 6.91. The van der Waals surface area contributed by atoms with Crippen molar-refractivity contribution >= 4 is 30.7 Å². The summed E-state index contributed by atoms with van der Waals surface area (Å²) in [5.74, 6) is 2.06. The van der Waals surface area contributed by atoms with Crippen LogP contribution in [-0.4, -0.2) is 54.5 Å². The van der Waals surface area contributed by atoms with E-state index in [0.717, 1.165) is 50.5 Å². The number of hydrogen-bond acceptors (Lipinski definition) is 3. The van der Waals surface area contributed by atoms with Crippen molar-refractivity contribution in [3.63, 3.8) is 0 Å². The molecule has 0 aromatic carbocycles. The minimum Gasteiger partial charge on any atom is -0.340 e. The number of hydrogen-bond donors (Lipinski definition) is 1. The Bertz CT molecular complexity index is 326. The molecule has 0 aromatic rings. The van der Waals surface area contributed by atoms with Crippen LogP contribution in [0.1, 0.15) is 52.4 Å². The van der Waals surface area contributed by atoms with Gasteiger partial charge < -0.3 is 10.6 Å². The highest BCUT2D eigenvalue weighted by Gasteiger charge is 2.30. The van der Waals surface area contributed by atoms with Crippen molar-refractivity contribution < 1.29 is 4.79 Å². The SMILES string of the molecule is CC(C)C1CCC(N2CCN(C(=O)CCCN)CC2)CC1.Cl.Cl. The molecule has 0 atom stereocenters. The molecule has 2 N–H and O–H groups in total. The topological polar surface area (TPSA) is 49.6 Å². The second-order valence-electron chi connectivity index (χ2n) is 7.12. The fourth-order valence-electron chi connectivity index (χ4n) is 3.88. The van der Waals surface area contributed by atoms with E-state index in [1.165, 1.54) is 25.7 Å². The van der Waals surface area contributed by atoms with Gasteiger partial charge in [-0.15, -0.1) is 24.8 Å². The molecule has 138 valence electrons. The van der Waals surface area contributed by atoms with E-state index in [-0.39, 0.29) is 24.8 Å². The first-order chi connectivity index (χ1) is 10.1. The minimum absolute atomic E-state index is 0. The number of nitrogens with two attached hydrogens (primary N) is 1. The van der Waals surface area contributed by atoms with Crippen molar-refractivity contribution in [2.45, 2.75) is 58.4 Å². The molecule has 1 amide bonds. The van der Waals surface area contributed by atoms with Gasteiger partial charge in [-0.05, 0) is 50.5 Å². The molecule has 0 spiro atoms. The fraction of sp³-hybridized carbons (Fsp3) is 0.941. The monoisotopic (exact) mass is 367 g/mol. The standard InChI is InChI=1S/C17H33N3O.2ClH/c1-14(2)15-5-7-16(8-6-15)19-10-12-20(13-11-19)17(21)4-3-9-18;;/h14-16H,3-13,18H2,1-2H3;2*1H. The lowest BCUT2D eigenvalue weighted by atomic mass is 9.79. The molecule has 2 rings (SSSR count). The zero-order valence-electron chi connectivity index (χ0n) is 14.7. The molecule has 1 saturated carbocycles. The Morgan fingerprint density at radius 1 is 1.04 bits per heavy atom. The van der Waals surface area contributed by atoms with Crippen molar-refractivity contribution in [1.29, 1.82) is 0 Å². The Kier molecular flexibility index (Phi) is 11.5. The highest BCUT2D eigenvalue weighted by Crippen LogP contribution is 2.32. The molecule has 1 aliphatic carbocycles. The molecule has 1 aliphatic heterocycles. The van der Waals surface area contributed by atoms with Crippen LogP contribution in [-0.2, 0) is 4.79 Å². The van der Waals surface area contributed by atoms with Gasteiger partial charge in [-0.3, -0.25) is 9.69 Å². The molecule has 6 heteroatoms. The van der Waals surface area contributed by atoms with E-state index in [9.17, 15) is 4.79 Å². The van der Waals surface area contributed by atoms with Gasteiger partial charge in [0.25, 0.3) is 0 Å². The van der Waals surface area contributed by atoms with Gasteiger partial charge in [0.05, 0.1) is 0 Å². The number of rotatable bonds is 5. The quantitative estimate of drug-likeness (QED) is 0.812. The maximum atomic E-state index is 12.0. The molecule has 2 fully saturated rings. The number of nitrogens with zero attached hydrogens (tertiary/aromatic N) is 2. The number of amides is 1. The molecule has 0 aromatic heterocycles. The fourth-order valence-corrected chi connectivity index (χ4v) is 3.88. The van der Waals surface area contributed by atoms with Crippen molar-refractivity contribution in [1.82, 2.24) is 9.80 Å². The second kappa shape index (κ2) is 11.5. The van der Waals surface area contributed by atoms with E-state index in [1.54, 1.807) is 0 Å². The Labute approximate surface area is 154 Å². The summed E-state index contributed by atoms with van der Waals surface area (Å²) in [5.41, 5.74) is 5.48. The van der Waals surface area contributed by atoms with Crippen LogP contribution < -0.4 is 5.73 Å². The normalized spacial score (nSPS) is 25.7. The second-order valence-corrected chi connectivity index (χ2v) is 7.12.